The number of aromatic amines is 2. The first-order valence-electron chi connectivity index (χ1n) is 5.42. The number of rotatable bonds is 4. The minimum Gasteiger partial charge on any atom is -0.325 e. The van der Waals surface area contributed by atoms with Crippen molar-refractivity contribution < 1.29 is 4.79 Å². The fourth-order valence-corrected chi connectivity index (χ4v) is 2.15. The third kappa shape index (κ3) is 3.97. The molecule has 1 heterocycles. The average molecular weight is 313 g/mol. The molecule has 0 saturated carbocycles. The summed E-state index contributed by atoms with van der Waals surface area (Å²) in [6, 6.07) is 6.70. The highest BCUT2D eigenvalue weighted by Crippen LogP contribution is 2.15. The van der Waals surface area contributed by atoms with Crippen molar-refractivity contribution in [3.8, 4) is 0 Å². The SMILES string of the molecule is O=C(CSc1n[nH]c(=O)[nH]c1=O)Nc1cccc(Cl)c1. The Balaban J connectivity index is 1.95. The van der Waals surface area contributed by atoms with Gasteiger partial charge in [0.05, 0.1) is 5.75 Å². The highest BCUT2D eigenvalue weighted by Gasteiger charge is 2.08. The first-order chi connectivity index (χ1) is 9.54. The van der Waals surface area contributed by atoms with E-state index in [4.69, 9.17) is 11.6 Å². The van der Waals surface area contributed by atoms with E-state index in [9.17, 15) is 14.4 Å². The summed E-state index contributed by atoms with van der Waals surface area (Å²) in [6.07, 6.45) is 0. The van der Waals surface area contributed by atoms with E-state index in [0.29, 0.717) is 10.7 Å². The molecule has 0 aliphatic heterocycles. The molecule has 0 aliphatic rings. The van der Waals surface area contributed by atoms with E-state index in [2.05, 4.69) is 15.5 Å². The second-order valence-electron chi connectivity index (χ2n) is 3.66. The van der Waals surface area contributed by atoms with Crippen molar-refractivity contribution in [2.75, 3.05) is 11.1 Å². The van der Waals surface area contributed by atoms with Gasteiger partial charge in [-0.1, -0.05) is 29.4 Å². The van der Waals surface area contributed by atoms with E-state index in [1.165, 1.54) is 0 Å². The van der Waals surface area contributed by atoms with Crippen LogP contribution in [0.25, 0.3) is 0 Å². The van der Waals surface area contributed by atoms with Crippen LogP contribution in [0, 0.1) is 0 Å². The van der Waals surface area contributed by atoms with Crippen LogP contribution < -0.4 is 16.6 Å². The van der Waals surface area contributed by atoms with Crippen LogP contribution in [0.3, 0.4) is 0 Å². The third-order valence-corrected chi connectivity index (χ3v) is 3.32. The minimum atomic E-state index is -0.692. The summed E-state index contributed by atoms with van der Waals surface area (Å²) in [5.41, 5.74) is -0.761. The monoisotopic (exact) mass is 312 g/mol. The Bertz CT molecular complexity index is 743. The first kappa shape index (κ1) is 14.4. The molecule has 20 heavy (non-hydrogen) atoms. The number of anilines is 1. The predicted octanol–water partition coefficient (Wildman–Crippen LogP) is 0.842. The average Bonchev–Trinajstić information content (AvgIpc) is 2.37. The largest absolute Gasteiger partial charge is 0.342 e. The molecule has 0 bridgehead atoms. The maximum absolute atomic E-state index is 11.7. The van der Waals surface area contributed by atoms with Crippen LogP contribution >= 0.6 is 23.4 Å². The minimum absolute atomic E-state index is 0.0192. The molecule has 7 nitrogen and oxygen atoms in total. The smallest absolute Gasteiger partial charge is 0.325 e. The number of nitrogens with one attached hydrogen (secondary N) is 3. The fraction of sp³-hybridized carbons (Fsp3) is 0.0909. The van der Waals surface area contributed by atoms with Gasteiger partial charge in [-0.15, -0.1) is 0 Å². The molecule has 0 atom stereocenters. The zero-order valence-electron chi connectivity index (χ0n) is 9.97. The van der Waals surface area contributed by atoms with E-state index < -0.39 is 11.2 Å². The number of carbonyl (C=O) groups is 1. The van der Waals surface area contributed by atoms with Gasteiger partial charge in [0, 0.05) is 10.7 Å². The van der Waals surface area contributed by atoms with Crippen molar-refractivity contribution in [2.45, 2.75) is 5.03 Å². The molecule has 0 aliphatic carbocycles. The van der Waals surface area contributed by atoms with Gasteiger partial charge in [0.15, 0.2) is 5.03 Å². The van der Waals surface area contributed by atoms with Gasteiger partial charge in [0.1, 0.15) is 0 Å². The number of hydrogen-bond donors (Lipinski definition) is 3. The molecule has 0 fully saturated rings. The number of nitrogens with zero attached hydrogens (tertiary/aromatic N) is 1. The molecule has 2 aromatic rings. The summed E-state index contributed by atoms with van der Waals surface area (Å²) in [4.78, 5) is 35.8. The number of carbonyl (C=O) groups excluding carboxylic acids is 1. The summed E-state index contributed by atoms with van der Waals surface area (Å²) in [5.74, 6) is -0.334. The Hall–Kier alpha value is -2.06. The number of halogens is 1. The van der Waals surface area contributed by atoms with E-state index >= 15 is 0 Å². The van der Waals surface area contributed by atoms with Crippen LogP contribution in [0.2, 0.25) is 5.02 Å². The van der Waals surface area contributed by atoms with Crippen molar-refractivity contribution in [1.29, 1.82) is 0 Å². The van der Waals surface area contributed by atoms with Gasteiger partial charge in [0.25, 0.3) is 5.56 Å². The number of hydrogen-bond acceptors (Lipinski definition) is 5. The Labute approximate surface area is 121 Å². The molecule has 1 aromatic carbocycles. The van der Waals surface area contributed by atoms with Crippen LogP contribution in [0.15, 0.2) is 38.9 Å². The molecular weight excluding hydrogens is 304 g/mol. The summed E-state index contributed by atoms with van der Waals surface area (Å²) < 4.78 is 0. The molecule has 104 valence electrons. The Morgan fingerprint density at radius 3 is 2.90 bits per heavy atom. The fourth-order valence-electron chi connectivity index (χ4n) is 1.33. The zero-order valence-corrected chi connectivity index (χ0v) is 11.5. The van der Waals surface area contributed by atoms with Crippen molar-refractivity contribution in [2.24, 2.45) is 0 Å². The van der Waals surface area contributed by atoms with Crippen molar-refractivity contribution >= 4 is 35.0 Å². The van der Waals surface area contributed by atoms with Crippen LogP contribution in [0.1, 0.15) is 0 Å². The van der Waals surface area contributed by atoms with Crippen LogP contribution in [-0.2, 0) is 4.79 Å². The molecule has 3 N–H and O–H groups in total. The van der Waals surface area contributed by atoms with Gasteiger partial charge in [0.2, 0.25) is 5.91 Å². The Morgan fingerprint density at radius 2 is 2.20 bits per heavy atom. The summed E-state index contributed by atoms with van der Waals surface area (Å²) in [7, 11) is 0. The van der Waals surface area contributed by atoms with Crippen molar-refractivity contribution in [3.05, 3.63) is 50.1 Å². The van der Waals surface area contributed by atoms with Crippen LogP contribution in [-0.4, -0.2) is 26.8 Å². The van der Waals surface area contributed by atoms with Gasteiger partial charge < -0.3 is 5.32 Å². The highest BCUT2D eigenvalue weighted by atomic mass is 35.5. The summed E-state index contributed by atoms with van der Waals surface area (Å²) >= 11 is 6.71. The maximum atomic E-state index is 11.7. The molecule has 0 radical (unpaired) electrons. The second-order valence-corrected chi connectivity index (χ2v) is 5.06. The molecule has 1 aromatic heterocycles. The maximum Gasteiger partial charge on any atom is 0.342 e. The van der Waals surface area contributed by atoms with E-state index in [1.807, 2.05) is 4.98 Å². The second kappa shape index (κ2) is 6.40. The molecule has 0 unspecified atom stereocenters. The quantitative estimate of drug-likeness (QED) is 0.725. The third-order valence-electron chi connectivity index (χ3n) is 2.13. The van der Waals surface area contributed by atoms with Gasteiger partial charge >= 0.3 is 5.69 Å². The predicted molar refractivity (Wildman–Crippen MR) is 76.3 cm³/mol. The van der Waals surface area contributed by atoms with Gasteiger partial charge in [-0.25, -0.2) is 9.89 Å². The lowest BCUT2D eigenvalue weighted by Crippen LogP contribution is -2.25. The topological polar surface area (TPSA) is 108 Å². The molecule has 9 heteroatoms. The van der Waals surface area contributed by atoms with E-state index in [0.717, 1.165) is 11.8 Å². The van der Waals surface area contributed by atoms with Crippen LogP contribution in [0.5, 0.6) is 0 Å². The molecule has 2 rings (SSSR count). The van der Waals surface area contributed by atoms with Crippen LogP contribution in [0.4, 0.5) is 5.69 Å². The molecular formula is C11H9ClN4O3S. The number of aromatic nitrogens is 3. The van der Waals surface area contributed by atoms with Gasteiger partial charge in [-0.05, 0) is 18.2 Å². The Kier molecular flexibility index (Phi) is 4.59. The molecule has 0 saturated heterocycles. The standard InChI is InChI=1S/C11H9ClN4O3S/c12-6-2-1-3-7(4-6)13-8(17)5-20-10-9(18)14-11(19)16-15-10/h1-4H,5H2,(H,13,17)(H2,14,16,18,19). The van der Waals surface area contributed by atoms with E-state index in [1.54, 1.807) is 24.3 Å². The van der Waals surface area contributed by atoms with E-state index in [-0.39, 0.29) is 16.7 Å². The molecule has 0 spiro atoms. The van der Waals surface area contributed by atoms with Crippen molar-refractivity contribution in [1.82, 2.24) is 15.2 Å². The van der Waals surface area contributed by atoms with Crippen molar-refractivity contribution in [3.63, 3.8) is 0 Å². The summed E-state index contributed by atoms with van der Waals surface area (Å²) in [6.45, 7) is 0. The molecule has 1 amide bonds. The highest BCUT2D eigenvalue weighted by molar-refractivity contribution is 7.99. The number of H-pyrrole nitrogens is 2. The number of thioether (sulfide) groups is 1. The lowest BCUT2D eigenvalue weighted by Gasteiger charge is -2.04. The Morgan fingerprint density at radius 1 is 1.40 bits per heavy atom. The normalized spacial score (nSPS) is 10.2. The lowest BCUT2D eigenvalue weighted by atomic mass is 10.3. The van der Waals surface area contributed by atoms with Gasteiger partial charge in [-0.3, -0.25) is 14.6 Å². The summed E-state index contributed by atoms with van der Waals surface area (Å²) in [5, 5.41) is 8.80. The first-order valence-corrected chi connectivity index (χ1v) is 6.78. The number of amides is 1. The zero-order chi connectivity index (χ0) is 14.5. The lowest BCUT2D eigenvalue weighted by molar-refractivity contribution is -0.113. The van der Waals surface area contributed by atoms with Gasteiger partial charge in [-0.2, -0.15) is 5.10 Å². The number of benzene rings is 1.